The number of fused-ring (bicyclic) bond motifs is 7. The highest BCUT2D eigenvalue weighted by atomic mass is 35.5. The van der Waals surface area contributed by atoms with Crippen LogP contribution < -0.4 is 15.7 Å². The summed E-state index contributed by atoms with van der Waals surface area (Å²) in [7, 11) is 1.56. The maximum absolute atomic E-state index is 12.9. The predicted octanol–water partition coefficient (Wildman–Crippen LogP) is 3.47. The first kappa shape index (κ1) is 14.3. The van der Waals surface area contributed by atoms with Crippen LogP contribution in [0.3, 0.4) is 0 Å². The third kappa shape index (κ3) is 1.68. The van der Waals surface area contributed by atoms with Crippen LogP contribution in [0.4, 0.5) is 5.69 Å². The molecule has 1 aliphatic heterocycles. The Morgan fingerprint density at radius 3 is 2.80 bits per heavy atom. The first-order valence-corrected chi connectivity index (χ1v) is 8.04. The Balaban J connectivity index is 2.12. The van der Waals surface area contributed by atoms with Gasteiger partial charge in [-0.15, -0.1) is 0 Å². The number of benzene rings is 2. The number of hydrogen-bond acceptors (Lipinski definition) is 4. The van der Waals surface area contributed by atoms with Crippen molar-refractivity contribution >= 4 is 33.7 Å². The highest BCUT2D eigenvalue weighted by molar-refractivity contribution is 6.31. The second kappa shape index (κ2) is 4.74. The summed E-state index contributed by atoms with van der Waals surface area (Å²) in [5, 5.41) is 12.4. The summed E-state index contributed by atoms with van der Waals surface area (Å²) in [6.07, 6.45) is 0. The van der Waals surface area contributed by atoms with Crippen molar-refractivity contribution in [3.05, 3.63) is 63.2 Å². The van der Waals surface area contributed by atoms with Gasteiger partial charge in [-0.1, -0.05) is 23.7 Å². The molecule has 2 aromatic heterocycles. The number of para-hydroxylation sites is 1. The summed E-state index contributed by atoms with van der Waals surface area (Å²) < 4.78 is 7.05. The van der Waals surface area contributed by atoms with Crippen molar-refractivity contribution in [2.24, 2.45) is 4.99 Å². The highest BCUT2D eigenvalue weighted by Crippen LogP contribution is 2.41. The minimum absolute atomic E-state index is 0.337. The lowest BCUT2D eigenvalue weighted by molar-refractivity contribution is 0.423. The molecule has 0 aliphatic carbocycles. The maximum atomic E-state index is 12.9. The van der Waals surface area contributed by atoms with E-state index in [4.69, 9.17) is 16.3 Å². The lowest BCUT2D eigenvalue weighted by Crippen LogP contribution is -2.20. The van der Waals surface area contributed by atoms with Crippen molar-refractivity contribution < 1.29 is 9.84 Å². The molecule has 0 saturated heterocycles. The third-order valence-electron chi connectivity index (χ3n) is 4.60. The van der Waals surface area contributed by atoms with Gasteiger partial charge in [0, 0.05) is 16.0 Å². The number of aromatic nitrogens is 1. The summed E-state index contributed by atoms with van der Waals surface area (Å²) in [5.74, 6) is 0.224. The van der Waals surface area contributed by atoms with Gasteiger partial charge >= 0.3 is 0 Å². The quantitative estimate of drug-likeness (QED) is 0.503. The van der Waals surface area contributed by atoms with Crippen molar-refractivity contribution in [3.63, 3.8) is 0 Å². The number of hydrogen-bond donors (Lipinski definition) is 1. The molecule has 5 rings (SSSR count). The minimum atomic E-state index is -0.503. The number of ether oxygens (including phenoxy) is 1. The van der Waals surface area contributed by atoms with E-state index in [1.807, 2.05) is 24.3 Å². The monoisotopic (exact) mass is 350 g/mol. The van der Waals surface area contributed by atoms with Gasteiger partial charge in [0.1, 0.15) is 10.9 Å². The van der Waals surface area contributed by atoms with Crippen LogP contribution in [-0.4, -0.2) is 16.6 Å². The smallest absolute Gasteiger partial charge is 0.298 e. The average Bonchev–Trinajstić information content (AvgIpc) is 3.15. The Morgan fingerprint density at radius 2 is 2.00 bits per heavy atom. The molecule has 0 unspecified atom stereocenters. The fraction of sp³-hybridized carbons (Fsp3) is 0.0526. The van der Waals surface area contributed by atoms with Gasteiger partial charge in [-0.3, -0.25) is 9.20 Å². The van der Waals surface area contributed by atoms with E-state index >= 15 is 0 Å². The number of rotatable bonds is 1. The predicted molar refractivity (Wildman–Crippen MR) is 96.2 cm³/mol. The Bertz CT molecular complexity index is 1320. The summed E-state index contributed by atoms with van der Waals surface area (Å²) in [5.41, 5.74) is 2.42. The Hall–Kier alpha value is -3.05. The van der Waals surface area contributed by atoms with Crippen LogP contribution in [0.1, 0.15) is 0 Å². The van der Waals surface area contributed by atoms with Gasteiger partial charge in [0.2, 0.25) is 0 Å². The zero-order chi connectivity index (χ0) is 17.3. The molecule has 1 N–H and O–H groups in total. The van der Waals surface area contributed by atoms with Crippen LogP contribution in [0.25, 0.3) is 27.5 Å². The third-order valence-corrected chi connectivity index (χ3v) is 4.83. The highest BCUT2D eigenvalue weighted by Gasteiger charge is 2.27. The second-order valence-corrected chi connectivity index (χ2v) is 6.32. The summed E-state index contributed by atoms with van der Waals surface area (Å²) >= 11 is 6.09. The normalized spacial score (nSPS) is 12.2. The van der Waals surface area contributed by atoms with Crippen LogP contribution >= 0.6 is 11.6 Å². The van der Waals surface area contributed by atoms with Crippen molar-refractivity contribution in [2.75, 3.05) is 7.11 Å². The van der Waals surface area contributed by atoms with Crippen LogP contribution in [0, 0.1) is 0 Å². The van der Waals surface area contributed by atoms with E-state index in [2.05, 4.69) is 4.99 Å². The van der Waals surface area contributed by atoms with Crippen molar-refractivity contribution in [1.29, 1.82) is 0 Å². The first-order chi connectivity index (χ1) is 12.1. The van der Waals surface area contributed by atoms with Gasteiger partial charge < -0.3 is 9.84 Å². The second-order valence-electron chi connectivity index (χ2n) is 5.89. The molecule has 25 heavy (non-hydrogen) atoms. The molecule has 0 spiro atoms. The van der Waals surface area contributed by atoms with Gasteiger partial charge in [-0.05, 0) is 30.3 Å². The lowest BCUT2D eigenvalue weighted by Gasteiger charge is -2.05. The van der Waals surface area contributed by atoms with E-state index in [1.54, 1.807) is 25.3 Å². The Labute approximate surface area is 146 Å². The van der Waals surface area contributed by atoms with Gasteiger partial charge in [0.25, 0.3) is 5.56 Å². The largest absolute Gasteiger partial charge is 0.503 e. The van der Waals surface area contributed by atoms with Crippen LogP contribution in [0.2, 0.25) is 5.02 Å². The molecule has 0 amide bonds. The zero-order valence-corrected chi connectivity index (χ0v) is 13.8. The van der Waals surface area contributed by atoms with Crippen LogP contribution in [0.5, 0.6) is 11.5 Å². The molecule has 0 saturated carbocycles. The van der Waals surface area contributed by atoms with Crippen LogP contribution in [0.15, 0.2) is 52.3 Å². The van der Waals surface area contributed by atoms with E-state index in [1.165, 1.54) is 4.40 Å². The van der Waals surface area contributed by atoms with Gasteiger partial charge in [-0.25, -0.2) is 4.99 Å². The van der Waals surface area contributed by atoms with Gasteiger partial charge in [0.15, 0.2) is 11.5 Å². The zero-order valence-electron chi connectivity index (χ0n) is 13.1. The van der Waals surface area contributed by atoms with Crippen LogP contribution in [-0.2, 0) is 0 Å². The topological polar surface area (TPSA) is 63.3 Å². The molecular formula is C19H11ClN2O3. The van der Waals surface area contributed by atoms with Crippen molar-refractivity contribution in [2.45, 2.75) is 0 Å². The van der Waals surface area contributed by atoms with E-state index < -0.39 is 5.56 Å². The molecule has 2 aromatic carbocycles. The molecule has 0 fully saturated rings. The van der Waals surface area contributed by atoms with E-state index in [0.717, 1.165) is 5.39 Å². The minimum Gasteiger partial charge on any atom is -0.503 e. The molecule has 0 bridgehead atoms. The number of methoxy groups -OCH3 is 1. The van der Waals surface area contributed by atoms with Crippen molar-refractivity contribution in [3.8, 4) is 22.6 Å². The van der Waals surface area contributed by atoms with Gasteiger partial charge in [-0.2, -0.15) is 0 Å². The number of aromatic hydroxyl groups is 1. The summed E-state index contributed by atoms with van der Waals surface area (Å²) in [4.78, 5) is 17.5. The molecule has 0 radical (unpaired) electrons. The standard InChI is InChI=1S/C19H11ClN2O3/c1-25-18-10-4-2-3-5-13(10)22-16(18)15-14(17(23)19(22)24)11-8-9(20)6-7-12(11)21-15/h2-8,23H,1H3. The molecule has 1 aliphatic rings. The molecule has 5 nitrogen and oxygen atoms in total. The van der Waals surface area contributed by atoms with E-state index in [0.29, 0.717) is 44.0 Å². The number of nitrogens with zero attached hydrogens (tertiary/aromatic N) is 2. The van der Waals surface area contributed by atoms with E-state index in [9.17, 15) is 9.90 Å². The van der Waals surface area contributed by atoms with Gasteiger partial charge in [0.05, 0.1) is 23.9 Å². The Kier molecular flexibility index (Phi) is 2.71. The molecule has 4 aromatic rings. The molecule has 3 heterocycles. The maximum Gasteiger partial charge on any atom is 0.298 e. The van der Waals surface area contributed by atoms with Crippen molar-refractivity contribution in [1.82, 2.24) is 4.40 Å². The lowest BCUT2D eigenvalue weighted by atomic mass is 10.1. The average molecular weight is 351 g/mol. The number of pyridine rings is 1. The fourth-order valence-electron chi connectivity index (χ4n) is 3.58. The molecule has 6 heteroatoms. The molecule has 0 atom stereocenters. The molecule has 122 valence electrons. The number of halogens is 1. The molecular weight excluding hydrogens is 340 g/mol. The summed E-state index contributed by atoms with van der Waals surface area (Å²) in [6.45, 7) is 0. The summed E-state index contributed by atoms with van der Waals surface area (Å²) in [6, 6.07) is 12.6. The Morgan fingerprint density at radius 1 is 1.20 bits per heavy atom. The van der Waals surface area contributed by atoms with E-state index in [-0.39, 0.29) is 5.75 Å². The SMILES string of the molecule is COc1c2ccccc2n2c(=O)c(O)c3c(c12)=Nc1ccc(Cl)cc1-3. The fourth-order valence-corrected chi connectivity index (χ4v) is 3.75. The first-order valence-electron chi connectivity index (χ1n) is 7.66.